The van der Waals surface area contributed by atoms with Gasteiger partial charge in [0.1, 0.15) is 12.4 Å². The first kappa shape index (κ1) is 37.2. The highest BCUT2D eigenvalue weighted by molar-refractivity contribution is 7.86. The van der Waals surface area contributed by atoms with Crippen molar-refractivity contribution < 1.29 is 46.0 Å². The van der Waals surface area contributed by atoms with E-state index in [1.165, 1.54) is 12.1 Å². The van der Waals surface area contributed by atoms with Crippen molar-refractivity contribution in [2.75, 3.05) is 19.8 Å². The van der Waals surface area contributed by atoms with Crippen LogP contribution in [0.2, 0.25) is 0 Å². The second-order valence-electron chi connectivity index (χ2n) is 11.5. The Hall–Kier alpha value is -4.23. The average molecular weight is 673 g/mol. The maximum absolute atomic E-state index is 13.2. The van der Waals surface area contributed by atoms with E-state index in [9.17, 15) is 22.8 Å². The Morgan fingerprint density at radius 2 is 1.53 bits per heavy atom. The molecule has 0 radical (unpaired) electrons. The third-order valence-electron chi connectivity index (χ3n) is 8.37. The van der Waals surface area contributed by atoms with Gasteiger partial charge in [0.25, 0.3) is 10.1 Å². The number of nitrogens with zero attached hydrogens (tertiary/aromatic N) is 1. The first-order valence-corrected chi connectivity index (χ1v) is 17.0. The van der Waals surface area contributed by atoms with Crippen LogP contribution in [0, 0.1) is 17.8 Å². The van der Waals surface area contributed by atoms with Gasteiger partial charge in [-0.2, -0.15) is 8.42 Å². The Morgan fingerprint density at radius 3 is 2.13 bits per heavy atom. The molecule has 1 saturated carbocycles. The lowest BCUT2D eigenvalue weighted by Gasteiger charge is -2.45. The molecule has 13 heteroatoms. The van der Waals surface area contributed by atoms with Gasteiger partial charge >= 0.3 is 17.9 Å². The maximum Gasteiger partial charge on any atom is 0.377 e. The molecule has 2 aromatic rings. The zero-order valence-electron chi connectivity index (χ0n) is 27.4. The number of nitrogens with two attached hydrogens (primary N) is 1. The number of rotatable bonds is 16. The average Bonchev–Trinajstić information content (AvgIpc) is 3.06. The summed E-state index contributed by atoms with van der Waals surface area (Å²) in [5, 5.41) is 4.00. The minimum absolute atomic E-state index is 0.0134. The number of carbonyl (C=O) groups excluding carboxylic acids is 3. The predicted octanol–water partition coefficient (Wildman–Crippen LogP) is 5.09. The maximum atomic E-state index is 13.2. The first-order chi connectivity index (χ1) is 22.4. The first-order valence-electron chi connectivity index (χ1n) is 15.6. The van der Waals surface area contributed by atoms with Crippen LogP contribution >= 0.6 is 0 Å². The van der Waals surface area contributed by atoms with E-state index in [4.69, 9.17) is 29.0 Å². The van der Waals surface area contributed by atoms with Crippen molar-refractivity contribution in [3.63, 3.8) is 0 Å². The lowest BCUT2D eigenvalue weighted by atomic mass is 9.61. The summed E-state index contributed by atoms with van der Waals surface area (Å²) in [5.41, 5.74) is 6.65. The lowest BCUT2D eigenvalue weighted by molar-refractivity contribution is -0.148. The van der Waals surface area contributed by atoms with Gasteiger partial charge in [-0.15, -0.1) is 0 Å². The van der Waals surface area contributed by atoms with Gasteiger partial charge in [-0.05, 0) is 76.0 Å². The molecule has 2 N–H and O–H groups in total. The predicted molar refractivity (Wildman–Crippen MR) is 173 cm³/mol. The highest BCUT2D eigenvalue weighted by atomic mass is 32.2. The highest BCUT2D eigenvalue weighted by Gasteiger charge is 2.47. The number of oxime groups is 1. The van der Waals surface area contributed by atoms with Crippen LogP contribution in [0.4, 0.5) is 0 Å². The topological polar surface area (TPSA) is 170 Å². The van der Waals surface area contributed by atoms with Crippen molar-refractivity contribution in [3.05, 3.63) is 77.6 Å². The fourth-order valence-corrected chi connectivity index (χ4v) is 6.24. The minimum Gasteiger partial charge on any atom is -0.463 e. The second kappa shape index (κ2) is 17.1. The molecule has 0 unspecified atom stereocenters. The summed E-state index contributed by atoms with van der Waals surface area (Å²) in [6, 6.07) is 15.6. The van der Waals surface area contributed by atoms with E-state index in [0.29, 0.717) is 32.1 Å². The Bertz CT molecular complexity index is 1530. The summed E-state index contributed by atoms with van der Waals surface area (Å²) in [5.74, 6) is -2.94. The standard InChI is InChI=1S/C34H44N2O10S/c1-5-33(24-45-47(40,41)27-15-13-25(4)14-16-27)17-19-34(20-18-33,22-30(38)44-23-26-11-9-8-10-12-26)32(35)36-46-28(31(39)43-7-3)21-29(37)42-6-2/h8-16,21H,5-7,17-20,22-24H2,1-4H3,(H2,35,36). The highest BCUT2D eigenvalue weighted by Crippen LogP contribution is 2.50. The van der Waals surface area contributed by atoms with Crippen molar-refractivity contribution >= 4 is 33.9 Å². The van der Waals surface area contributed by atoms with Gasteiger partial charge in [0.15, 0.2) is 0 Å². The van der Waals surface area contributed by atoms with Crippen LogP contribution in [0.5, 0.6) is 0 Å². The van der Waals surface area contributed by atoms with Gasteiger partial charge in [-0.1, -0.05) is 60.1 Å². The largest absolute Gasteiger partial charge is 0.463 e. The van der Waals surface area contributed by atoms with Crippen molar-refractivity contribution in [2.24, 2.45) is 21.7 Å². The zero-order chi connectivity index (χ0) is 34.5. The molecule has 2 aromatic carbocycles. The summed E-state index contributed by atoms with van der Waals surface area (Å²) < 4.78 is 46.9. The summed E-state index contributed by atoms with van der Waals surface area (Å²) in [4.78, 5) is 43.1. The molecule has 0 atom stereocenters. The quantitative estimate of drug-likeness (QED) is 0.0368. The van der Waals surface area contributed by atoms with E-state index >= 15 is 0 Å². The van der Waals surface area contributed by atoms with E-state index in [1.54, 1.807) is 26.0 Å². The molecule has 0 aliphatic heterocycles. The molecule has 1 aliphatic rings. The van der Waals surface area contributed by atoms with Gasteiger partial charge in [-0.25, -0.2) is 9.59 Å². The van der Waals surface area contributed by atoms with Gasteiger partial charge in [-0.3, -0.25) is 8.98 Å². The number of hydrogen-bond donors (Lipinski definition) is 1. The van der Waals surface area contributed by atoms with Crippen molar-refractivity contribution in [3.8, 4) is 0 Å². The molecule has 256 valence electrons. The Balaban J connectivity index is 1.84. The van der Waals surface area contributed by atoms with Gasteiger partial charge in [0.2, 0.25) is 5.76 Å². The minimum atomic E-state index is -4.00. The van der Waals surface area contributed by atoms with E-state index in [0.717, 1.165) is 17.2 Å². The molecule has 0 saturated heterocycles. The number of hydrogen-bond acceptors (Lipinski definition) is 11. The molecule has 47 heavy (non-hydrogen) atoms. The summed E-state index contributed by atoms with van der Waals surface area (Å²) in [7, 11) is -4.00. The van der Waals surface area contributed by atoms with Crippen molar-refractivity contribution in [1.82, 2.24) is 0 Å². The number of ether oxygens (including phenoxy) is 3. The van der Waals surface area contributed by atoms with Crippen LogP contribution in [0.3, 0.4) is 0 Å². The van der Waals surface area contributed by atoms with Crippen LogP contribution in [0.15, 0.2) is 76.5 Å². The van der Waals surface area contributed by atoms with Crippen LogP contribution in [-0.2, 0) is 54.3 Å². The normalized spacial score (nSPS) is 20.3. The second-order valence-corrected chi connectivity index (χ2v) is 13.2. The third-order valence-corrected chi connectivity index (χ3v) is 9.65. The van der Waals surface area contributed by atoms with Crippen molar-refractivity contribution in [1.29, 1.82) is 0 Å². The number of benzene rings is 2. The summed E-state index contributed by atoms with van der Waals surface area (Å²) in [6.45, 7) is 7.10. The van der Waals surface area contributed by atoms with Crippen LogP contribution in [0.1, 0.15) is 70.4 Å². The molecule has 1 aliphatic carbocycles. The van der Waals surface area contributed by atoms with Gasteiger partial charge in [0, 0.05) is 5.41 Å². The number of amidine groups is 1. The molecule has 0 aromatic heterocycles. The fourth-order valence-electron chi connectivity index (χ4n) is 5.23. The molecular weight excluding hydrogens is 628 g/mol. The van der Waals surface area contributed by atoms with Crippen LogP contribution in [0.25, 0.3) is 0 Å². The molecule has 3 rings (SSSR count). The van der Waals surface area contributed by atoms with Gasteiger partial charge in [0.05, 0.1) is 37.2 Å². The van der Waals surface area contributed by atoms with Crippen LogP contribution < -0.4 is 5.73 Å². The summed E-state index contributed by atoms with van der Waals surface area (Å²) in [6.07, 6.45) is 2.77. The molecule has 0 bridgehead atoms. The smallest absolute Gasteiger partial charge is 0.377 e. The lowest BCUT2D eigenvalue weighted by Crippen LogP contribution is -2.46. The molecule has 12 nitrogen and oxygen atoms in total. The zero-order valence-corrected chi connectivity index (χ0v) is 28.2. The molecule has 1 fully saturated rings. The van der Waals surface area contributed by atoms with E-state index < -0.39 is 44.6 Å². The number of carbonyl (C=O) groups is 3. The van der Waals surface area contributed by atoms with E-state index in [1.807, 2.05) is 44.2 Å². The fraction of sp³-hybridized carbons (Fsp3) is 0.471. The van der Waals surface area contributed by atoms with Gasteiger partial charge < -0.3 is 24.8 Å². The van der Waals surface area contributed by atoms with Crippen LogP contribution in [-0.4, -0.2) is 52.0 Å². The Labute approximate surface area is 276 Å². The Morgan fingerprint density at radius 1 is 0.894 bits per heavy atom. The van der Waals surface area contributed by atoms with E-state index in [-0.39, 0.29) is 43.6 Å². The third kappa shape index (κ3) is 10.6. The number of aryl methyl sites for hydroxylation is 1. The van der Waals surface area contributed by atoms with E-state index in [2.05, 4.69) is 5.16 Å². The van der Waals surface area contributed by atoms with Crippen molar-refractivity contribution in [2.45, 2.75) is 77.7 Å². The molecule has 0 amide bonds. The monoisotopic (exact) mass is 672 g/mol. The SMILES string of the molecule is CCOC(=O)C=C(ON=C(N)C1(CC(=O)OCc2ccccc2)CCC(CC)(COS(=O)(=O)c2ccc(C)cc2)CC1)C(=O)OCC. The number of esters is 3. The molecule has 0 heterocycles. The Kier molecular flexibility index (Phi) is 13.5. The molecular formula is C34H44N2O10S. The summed E-state index contributed by atoms with van der Waals surface area (Å²) >= 11 is 0. The molecule has 0 spiro atoms.